The summed E-state index contributed by atoms with van der Waals surface area (Å²) in [6, 6.07) is 9.78. The first-order chi connectivity index (χ1) is 30.9. The van der Waals surface area contributed by atoms with Crippen LogP contribution in [-0.4, -0.2) is 134 Å². The van der Waals surface area contributed by atoms with Gasteiger partial charge in [-0.1, -0.05) is 39.8 Å². The molecule has 0 unspecified atom stereocenters. The van der Waals surface area contributed by atoms with Crippen LogP contribution < -0.4 is 20.1 Å². The lowest BCUT2D eigenvalue weighted by Gasteiger charge is -2.30. The molecule has 4 atom stereocenters. The van der Waals surface area contributed by atoms with Crippen LogP contribution in [0.4, 0.5) is 9.59 Å². The number of amides is 4. The zero-order valence-corrected chi connectivity index (χ0v) is 38.0. The van der Waals surface area contributed by atoms with Gasteiger partial charge in [-0.15, -0.1) is 0 Å². The molecule has 2 aliphatic rings. The lowest BCUT2D eigenvalue weighted by molar-refractivity contribution is -0.136. The number of hydrogen-bond donors (Lipinski definition) is 4. The summed E-state index contributed by atoms with van der Waals surface area (Å²) in [5.41, 5.74) is 4.72. The molecular formula is C46H62N8O10. The van der Waals surface area contributed by atoms with Gasteiger partial charge in [-0.2, -0.15) is 0 Å². The Morgan fingerprint density at radius 1 is 0.641 bits per heavy atom. The smallest absolute Gasteiger partial charge is 0.407 e. The van der Waals surface area contributed by atoms with Crippen LogP contribution in [0.3, 0.4) is 0 Å². The highest BCUT2D eigenvalue weighted by atomic mass is 16.5. The summed E-state index contributed by atoms with van der Waals surface area (Å²) in [5.74, 6) is 1.84. The molecule has 4 N–H and O–H groups in total. The number of methoxy groups -OCH3 is 4. The summed E-state index contributed by atoms with van der Waals surface area (Å²) in [6.45, 7) is 9.98. The average molecular weight is 887 g/mol. The summed E-state index contributed by atoms with van der Waals surface area (Å²) < 4.78 is 32.9. The molecule has 2 aliphatic heterocycles. The van der Waals surface area contributed by atoms with E-state index in [1.165, 1.54) is 14.2 Å². The fourth-order valence-corrected chi connectivity index (χ4v) is 8.23. The van der Waals surface area contributed by atoms with Gasteiger partial charge in [0.25, 0.3) is 0 Å². The van der Waals surface area contributed by atoms with Crippen molar-refractivity contribution in [2.24, 2.45) is 11.8 Å². The van der Waals surface area contributed by atoms with Crippen LogP contribution in [0.2, 0.25) is 0 Å². The third-order valence-corrected chi connectivity index (χ3v) is 11.6. The van der Waals surface area contributed by atoms with E-state index in [9.17, 15) is 19.2 Å². The maximum atomic E-state index is 13.8. The number of carbonyl (C=O) groups excluding carboxylic acids is 4. The lowest BCUT2D eigenvalue weighted by atomic mass is 9.99. The zero-order valence-electron chi connectivity index (χ0n) is 38.0. The molecule has 4 amide bonds. The van der Waals surface area contributed by atoms with Crippen molar-refractivity contribution >= 4 is 24.0 Å². The second kappa shape index (κ2) is 22.0. The number of hydrogen-bond acceptors (Lipinski definition) is 12. The summed E-state index contributed by atoms with van der Waals surface area (Å²) in [6.07, 6.45) is 5.24. The number of carbonyl (C=O) groups is 4. The topological polar surface area (TPSA) is 212 Å². The zero-order chi connectivity index (χ0) is 45.9. The van der Waals surface area contributed by atoms with Crippen molar-refractivity contribution in [2.45, 2.75) is 77.5 Å². The Balaban J connectivity index is 1.27. The van der Waals surface area contributed by atoms with Gasteiger partial charge in [0.15, 0.2) is 0 Å². The van der Waals surface area contributed by atoms with E-state index in [0.29, 0.717) is 74.8 Å². The maximum Gasteiger partial charge on any atom is 0.407 e. The largest absolute Gasteiger partial charge is 0.491 e. The average Bonchev–Trinajstić information content (AvgIpc) is 4.14. The fraction of sp³-hybridized carbons (Fsp3) is 0.522. The maximum absolute atomic E-state index is 13.8. The Kier molecular flexibility index (Phi) is 16.3. The molecule has 0 saturated carbocycles. The van der Waals surface area contributed by atoms with Gasteiger partial charge in [0, 0.05) is 44.0 Å². The third-order valence-electron chi connectivity index (χ3n) is 11.6. The number of aromatic nitrogens is 4. The van der Waals surface area contributed by atoms with Crippen molar-refractivity contribution in [1.82, 2.24) is 40.4 Å². The molecule has 0 radical (unpaired) electrons. The molecule has 18 nitrogen and oxygen atoms in total. The highest BCUT2D eigenvalue weighted by molar-refractivity contribution is 5.87. The first-order valence-electron chi connectivity index (χ1n) is 21.8. The summed E-state index contributed by atoms with van der Waals surface area (Å²) in [7, 11) is 5.79. The minimum atomic E-state index is -0.743. The SMILES string of the molecule is COCCOc1cc(-c2cnc([C@@H]3CCCN3C(=O)[C@@H](NC(=O)OC)C(C)C)[nH]2)ccc1-c1ccc(-c2cnc([C@@H]3CCCN3C(=O)[C@@H](NC(=O)OC)C(C)C)[nH]2)c(OCCOC)c1. The van der Waals surface area contributed by atoms with Crippen LogP contribution in [0.25, 0.3) is 33.6 Å². The minimum absolute atomic E-state index is 0.146. The minimum Gasteiger partial charge on any atom is -0.491 e. The fourth-order valence-electron chi connectivity index (χ4n) is 8.23. The highest BCUT2D eigenvalue weighted by Crippen LogP contribution is 2.41. The number of rotatable bonds is 19. The van der Waals surface area contributed by atoms with Crippen molar-refractivity contribution in [1.29, 1.82) is 0 Å². The van der Waals surface area contributed by atoms with Crippen LogP contribution in [0, 0.1) is 11.8 Å². The Bertz CT molecular complexity index is 2220. The molecule has 2 aromatic carbocycles. The highest BCUT2D eigenvalue weighted by Gasteiger charge is 2.39. The molecule has 64 heavy (non-hydrogen) atoms. The Labute approximate surface area is 374 Å². The molecule has 4 heterocycles. The van der Waals surface area contributed by atoms with Crippen LogP contribution >= 0.6 is 0 Å². The van der Waals surface area contributed by atoms with E-state index in [4.69, 9.17) is 38.4 Å². The van der Waals surface area contributed by atoms with E-state index in [0.717, 1.165) is 47.2 Å². The quantitative estimate of drug-likeness (QED) is 0.0768. The number of aromatic amines is 2. The molecule has 2 fully saturated rings. The molecule has 18 heteroatoms. The van der Waals surface area contributed by atoms with Crippen molar-refractivity contribution in [3.8, 4) is 45.1 Å². The summed E-state index contributed by atoms with van der Waals surface area (Å²) >= 11 is 0. The third kappa shape index (κ3) is 11.0. The number of ether oxygens (including phenoxy) is 6. The van der Waals surface area contributed by atoms with Gasteiger partial charge >= 0.3 is 12.2 Å². The van der Waals surface area contributed by atoms with Gasteiger partial charge < -0.3 is 58.8 Å². The normalized spacial score (nSPS) is 17.1. The van der Waals surface area contributed by atoms with Crippen LogP contribution in [0.1, 0.15) is 77.1 Å². The second-order valence-corrected chi connectivity index (χ2v) is 16.6. The van der Waals surface area contributed by atoms with E-state index in [1.807, 2.05) is 64.1 Å². The standard InChI is InChI=1S/C46H62N8O10/c1-27(2)39(51-45(57)61-7)43(55)53-17-9-11-35(53)41-47-25-33(49-41)30-14-15-31(37(24-30)63-21-19-59-5)29-13-16-32(38(23-29)64-22-20-60-6)34-26-48-42(50-34)36-12-10-18-54(36)44(56)40(28(3)4)52-46(58)62-8/h13-16,23-28,35-36,39-40H,9-12,17-22H2,1-8H3,(H,47,49)(H,48,50)(H,51,57)(H,52,58)/t35-,36-,39-,40-/m0/s1. The van der Waals surface area contributed by atoms with Crippen molar-refractivity contribution in [3.05, 3.63) is 60.4 Å². The van der Waals surface area contributed by atoms with Gasteiger partial charge in [-0.25, -0.2) is 19.6 Å². The van der Waals surface area contributed by atoms with Gasteiger partial charge in [0.05, 0.1) is 63.3 Å². The number of H-pyrrole nitrogens is 2. The first-order valence-corrected chi connectivity index (χ1v) is 21.8. The van der Waals surface area contributed by atoms with E-state index in [2.05, 4.69) is 20.6 Å². The number of likely N-dealkylation sites (tertiary alicyclic amines) is 2. The van der Waals surface area contributed by atoms with Crippen molar-refractivity contribution in [3.63, 3.8) is 0 Å². The number of nitrogens with zero attached hydrogens (tertiary/aromatic N) is 4. The number of benzene rings is 2. The summed E-state index contributed by atoms with van der Waals surface area (Å²) in [5, 5.41) is 5.40. The molecule has 0 aliphatic carbocycles. The lowest BCUT2D eigenvalue weighted by Crippen LogP contribution is -2.51. The first kappa shape index (κ1) is 47.3. The van der Waals surface area contributed by atoms with Crippen molar-refractivity contribution < 1.29 is 47.6 Å². The van der Waals surface area contributed by atoms with E-state index >= 15 is 0 Å². The molecular weight excluding hydrogens is 825 g/mol. The van der Waals surface area contributed by atoms with E-state index < -0.39 is 24.3 Å². The second-order valence-electron chi connectivity index (χ2n) is 16.6. The van der Waals surface area contributed by atoms with Crippen molar-refractivity contribution in [2.75, 3.05) is 68.0 Å². The van der Waals surface area contributed by atoms with Crippen LogP contribution in [0.5, 0.6) is 11.5 Å². The van der Waals surface area contributed by atoms with Gasteiger partial charge in [-0.3, -0.25) is 9.59 Å². The Hall–Kier alpha value is -6.14. The summed E-state index contributed by atoms with van der Waals surface area (Å²) in [4.78, 5) is 71.7. The molecule has 6 rings (SSSR count). The van der Waals surface area contributed by atoms with E-state index in [-0.39, 0.29) is 35.7 Å². The Morgan fingerprint density at radius 3 is 1.59 bits per heavy atom. The molecule has 346 valence electrons. The van der Waals surface area contributed by atoms with Gasteiger partial charge in [0.2, 0.25) is 11.8 Å². The molecule has 0 bridgehead atoms. The molecule has 2 aromatic heterocycles. The predicted molar refractivity (Wildman–Crippen MR) is 237 cm³/mol. The van der Waals surface area contributed by atoms with Crippen LogP contribution in [-0.2, 0) is 28.5 Å². The number of nitrogens with one attached hydrogen (secondary N) is 4. The molecule has 0 spiro atoms. The number of alkyl carbamates (subject to hydrolysis) is 2. The Morgan fingerprint density at radius 2 is 1.09 bits per heavy atom. The van der Waals surface area contributed by atoms with Gasteiger partial charge in [0.1, 0.15) is 48.4 Å². The molecule has 4 aromatic rings. The van der Waals surface area contributed by atoms with E-state index in [1.54, 1.807) is 36.4 Å². The van der Waals surface area contributed by atoms with Crippen LogP contribution in [0.15, 0.2) is 48.8 Å². The monoisotopic (exact) mass is 886 g/mol. The van der Waals surface area contributed by atoms with Gasteiger partial charge in [-0.05, 0) is 67.3 Å². The molecule has 2 saturated heterocycles. The predicted octanol–water partition coefficient (Wildman–Crippen LogP) is 6.27. The number of imidazole rings is 2.